The van der Waals surface area contributed by atoms with Crippen molar-refractivity contribution in [2.45, 2.75) is 51.3 Å². The Kier molecular flexibility index (Phi) is 5.03. The van der Waals surface area contributed by atoms with Gasteiger partial charge in [0.05, 0.1) is 0 Å². The molecule has 0 N–H and O–H groups in total. The molecule has 20 heavy (non-hydrogen) atoms. The van der Waals surface area contributed by atoms with Gasteiger partial charge in [-0.3, -0.25) is 0 Å². The van der Waals surface area contributed by atoms with Crippen molar-refractivity contribution >= 4 is 0 Å². The SMILES string of the molecule is CCCCCCn1nnc(C#N)c1C(F)(F)C(F)(F)F. The van der Waals surface area contributed by atoms with Crippen molar-refractivity contribution in [2.75, 3.05) is 0 Å². The van der Waals surface area contributed by atoms with Gasteiger partial charge in [-0.15, -0.1) is 5.10 Å². The van der Waals surface area contributed by atoms with Crippen molar-refractivity contribution in [2.24, 2.45) is 0 Å². The third kappa shape index (κ3) is 3.23. The van der Waals surface area contributed by atoms with E-state index in [1.807, 2.05) is 6.92 Å². The minimum Gasteiger partial charge on any atom is -0.241 e. The lowest BCUT2D eigenvalue weighted by atomic mass is 10.1. The van der Waals surface area contributed by atoms with Crippen molar-refractivity contribution in [1.29, 1.82) is 5.26 Å². The zero-order valence-electron chi connectivity index (χ0n) is 10.7. The third-order valence-corrected chi connectivity index (χ3v) is 2.72. The lowest BCUT2D eigenvalue weighted by molar-refractivity contribution is -0.292. The van der Waals surface area contributed by atoms with Gasteiger partial charge in [0.2, 0.25) is 0 Å². The van der Waals surface area contributed by atoms with Crippen LogP contribution in [0.4, 0.5) is 22.0 Å². The van der Waals surface area contributed by atoms with E-state index in [1.54, 1.807) is 0 Å². The second kappa shape index (κ2) is 6.15. The number of hydrogen-bond donors (Lipinski definition) is 0. The third-order valence-electron chi connectivity index (χ3n) is 2.72. The number of hydrogen-bond acceptors (Lipinski definition) is 3. The topological polar surface area (TPSA) is 54.5 Å². The second-order valence-corrected chi connectivity index (χ2v) is 4.25. The highest BCUT2D eigenvalue weighted by Gasteiger charge is 2.62. The molecule has 0 amide bonds. The molecule has 112 valence electrons. The molecule has 0 radical (unpaired) electrons. The van der Waals surface area contributed by atoms with Gasteiger partial charge in [0.1, 0.15) is 6.07 Å². The molecule has 4 nitrogen and oxygen atoms in total. The van der Waals surface area contributed by atoms with Gasteiger partial charge in [-0.2, -0.15) is 27.2 Å². The first-order valence-electron chi connectivity index (χ1n) is 6.04. The highest BCUT2D eigenvalue weighted by Crippen LogP contribution is 2.44. The summed E-state index contributed by atoms with van der Waals surface area (Å²) in [4.78, 5) is 0. The van der Waals surface area contributed by atoms with Gasteiger partial charge in [0, 0.05) is 6.54 Å². The molecule has 0 bridgehead atoms. The van der Waals surface area contributed by atoms with Crippen LogP contribution in [-0.2, 0) is 12.5 Å². The van der Waals surface area contributed by atoms with Crippen LogP contribution >= 0.6 is 0 Å². The predicted molar refractivity (Wildman–Crippen MR) is 58.8 cm³/mol. The van der Waals surface area contributed by atoms with Gasteiger partial charge in [0.25, 0.3) is 0 Å². The molecular weight excluding hydrogens is 283 g/mol. The van der Waals surface area contributed by atoms with Crippen LogP contribution in [-0.4, -0.2) is 21.2 Å². The number of rotatable bonds is 6. The fourth-order valence-corrected chi connectivity index (χ4v) is 1.68. The Bertz CT molecular complexity index is 486. The first kappa shape index (κ1) is 16.3. The highest BCUT2D eigenvalue weighted by molar-refractivity contribution is 5.29. The van der Waals surface area contributed by atoms with Crippen LogP contribution < -0.4 is 0 Å². The minimum atomic E-state index is -5.79. The van der Waals surface area contributed by atoms with Crippen molar-refractivity contribution in [1.82, 2.24) is 15.0 Å². The minimum absolute atomic E-state index is 0.129. The number of alkyl halides is 5. The Morgan fingerprint density at radius 1 is 1.15 bits per heavy atom. The van der Waals surface area contributed by atoms with E-state index in [4.69, 9.17) is 5.26 Å². The Balaban J connectivity index is 3.05. The molecule has 0 saturated heterocycles. The maximum absolute atomic E-state index is 13.4. The number of aryl methyl sites for hydroxylation is 1. The van der Waals surface area contributed by atoms with Crippen LogP contribution in [0.2, 0.25) is 0 Å². The second-order valence-electron chi connectivity index (χ2n) is 4.25. The van der Waals surface area contributed by atoms with E-state index in [0.717, 1.165) is 12.8 Å². The van der Waals surface area contributed by atoms with Gasteiger partial charge < -0.3 is 0 Å². The summed E-state index contributed by atoms with van der Waals surface area (Å²) < 4.78 is 64.5. The lowest BCUT2D eigenvalue weighted by Crippen LogP contribution is -2.36. The molecule has 9 heteroatoms. The van der Waals surface area contributed by atoms with Gasteiger partial charge in [0.15, 0.2) is 11.4 Å². The average molecular weight is 296 g/mol. The highest BCUT2D eigenvalue weighted by atomic mass is 19.4. The van der Waals surface area contributed by atoms with E-state index in [2.05, 4.69) is 10.3 Å². The van der Waals surface area contributed by atoms with Crippen LogP contribution in [0.3, 0.4) is 0 Å². The number of halogens is 5. The van der Waals surface area contributed by atoms with Crippen LogP contribution in [0.1, 0.15) is 44.0 Å². The summed E-state index contributed by atoms with van der Waals surface area (Å²) in [5.74, 6) is -5.15. The maximum atomic E-state index is 13.4. The van der Waals surface area contributed by atoms with Gasteiger partial charge in [-0.05, 0) is 6.42 Å². The van der Waals surface area contributed by atoms with Crippen molar-refractivity contribution < 1.29 is 22.0 Å². The Morgan fingerprint density at radius 3 is 2.30 bits per heavy atom. The predicted octanol–water partition coefficient (Wildman–Crippen LogP) is 3.38. The normalized spacial score (nSPS) is 12.4. The van der Waals surface area contributed by atoms with Gasteiger partial charge in [-0.25, -0.2) is 4.68 Å². The summed E-state index contributed by atoms with van der Waals surface area (Å²) >= 11 is 0. The Hall–Kier alpha value is -1.72. The zero-order chi connectivity index (χ0) is 15.4. The van der Waals surface area contributed by atoms with E-state index < -0.39 is 23.5 Å². The van der Waals surface area contributed by atoms with E-state index >= 15 is 0 Å². The van der Waals surface area contributed by atoms with E-state index in [-0.39, 0.29) is 6.54 Å². The molecule has 0 saturated carbocycles. The molecule has 0 aromatic carbocycles. The molecule has 1 aromatic heterocycles. The molecule has 0 fully saturated rings. The first-order chi connectivity index (χ1) is 9.25. The van der Waals surface area contributed by atoms with Crippen LogP contribution in [0, 0.1) is 11.3 Å². The van der Waals surface area contributed by atoms with E-state index in [0.29, 0.717) is 17.5 Å². The largest absolute Gasteiger partial charge is 0.459 e. The summed E-state index contributed by atoms with van der Waals surface area (Å²) in [7, 11) is 0. The quantitative estimate of drug-likeness (QED) is 0.597. The summed E-state index contributed by atoms with van der Waals surface area (Å²) in [5.41, 5.74) is -2.48. The van der Waals surface area contributed by atoms with E-state index in [9.17, 15) is 22.0 Å². The monoisotopic (exact) mass is 296 g/mol. The molecule has 1 aromatic rings. The van der Waals surface area contributed by atoms with Gasteiger partial charge in [-0.1, -0.05) is 31.4 Å². The Labute approximate surface area is 112 Å². The number of aromatic nitrogens is 3. The number of nitrogens with zero attached hydrogens (tertiary/aromatic N) is 4. The maximum Gasteiger partial charge on any atom is 0.459 e. The molecule has 0 unspecified atom stereocenters. The van der Waals surface area contributed by atoms with Crippen molar-refractivity contribution in [3.8, 4) is 6.07 Å². The molecular formula is C11H13F5N4. The van der Waals surface area contributed by atoms with Crippen LogP contribution in [0.15, 0.2) is 0 Å². The molecule has 0 aliphatic heterocycles. The zero-order valence-corrected chi connectivity index (χ0v) is 10.7. The number of unbranched alkanes of at least 4 members (excludes halogenated alkanes) is 3. The summed E-state index contributed by atoms with van der Waals surface area (Å²) in [5, 5.41) is 14.9. The first-order valence-corrected chi connectivity index (χ1v) is 6.04. The van der Waals surface area contributed by atoms with Crippen molar-refractivity contribution in [3.05, 3.63) is 11.4 Å². The van der Waals surface area contributed by atoms with E-state index in [1.165, 1.54) is 6.07 Å². The fourth-order valence-electron chi connectivity index (χ4n) is 1.68. The number of nitriles is 1. The summed E-state index contributed by atoms with van der Waals surface area (Å²) in [6, 6.07) is 1.22. The molecule has 1 heterocycles. The molecule has 0 spiro atoms. The fraction of sp³-hybridized carbons (Fsp3) is 0.727. The molecule has 1 rings (SSSR count). The Morgan fingerprint density at radius 2 is 1.80 bits per heavy atom. The smallest absolute Gasteiger partial charge is 0.241 e. The van der Waals surface area contributed by atoms with Gasteiger partial charge >= 0.3 is 12.1 Å². The van der Waals surface area contributed by atoms with Crippen LogP contribution in [0.25, 0.3) is 0 Å². The molecule has 0 atom stereocenters. The summed E-state index contributed by atoms with van der Waals surface area (Å²) in [6.45, 7) is 1.81. The molecule has 0 aliphatic rings. The average Bonchev–Trinajstić information content (AvgIpc) is 2.76. The van der Waals surface area contributed by atoms with Crippen molar-refractivity contribution in [3.63, 3.8) is 0 Å². The lowest BCUT2D eigenvalue weighted by Gasteiger charge is -2.20. The summed E-state index contributed by atoms with van der Waals surface area (Å²) in [6.07, 6.45) is -2.99. The molecule has 0 aliphatic carbocycles. The standard InChI is InChI=1S/C11H13F5N4/c1-2-3-4-5-6-20-9(8(7-17)18-19-20)10(12,13)11(14,15)16/h2-6H2,1H3. The van der Waals surface area contributed by atoms with Crippen LogP contribution in [0.5, 0.6) is 0 Å².